The molecule has 0 atom stereocenters. The van der Waals surface area contributed by atoms with Gasteiger partial charge >= 0.3 is 5.97 Å². The SMILES string of the molecule is COC1(Cc2nnnn2CC(C)(C)C(=O)O)CCC1. The molecule has 19 heavy (non-hydrogen) atoms. The number of methoxy groups -OCH3 is 1. The summed E-state index contributed by atoms with van der Waals surface area (Å²) in [6, 6.07) is 0. The molecule has 1 aromatic heterocycles. The summed E-state index contributed by atoms with van der Waals surface area (Å²) in [6.45, 7) is 3.58. The molecule has 2 rings (SSSR count). The molecule has 0 radical (unpaired) electrons. The van der Waals surface area contributed by atoms with Crippen LogP contribution in [0.2, 0.25) is 0 Å². The number of hydrogen-bond acceptors (Lipinski definition) is 5. The first-order valence-corrected chi connectivity index (χ1v) is 6.42. The minimum absolute atomic E-state index is 0.167. The van der Waals surface area contributed by atoms with Crippen LogP contribution in [0, 0.1) is 5.41 Å². The molecule has 1 fully saturated rings. The number of aromatic nitrogens is 4. The van der Waals surface area contributed by atoms with Crippen LogP contribution in [0.1, 0.15) is 38.9 Å². The Morgan fingerprint density at radius 1 is 1.53 bits per heavy atom. The van der Waals surface area contributed by atoms with E-state index < -0.39 is 11.4 Å². The van der Waals surface area contributed by atoms with Crippen LogP contribution in [0.25, 0.3) is 0 Å². The highest BCUT2D eigenvalue weighted by Crippen LogP contribution is 2.37. The topological polar surface area (TPSA) is 90.1 Å². The number of carboxylic acid groups (broad SMARTS) is 1. The highest BCUT2D eigenvalue weighted by Gasteiger charge is 2.39. The molecule has 7 nitrogen and oxygen atoms in total. The van der Waals surface area contributed by atoms with E-state index in [9.17, 15) is 4.79 Å². The summed E-state index contributed by atoms with van der Waals surface area (Å²) in [6.07, 6.45) is 3.78. The average molecular weight is 268 g/mol. The van der Waals surface area contributed by atoms with E-state index in [4.69, 9.17) is 9.84 Å². The number of carboxylic acids is 1. The van der Waals surface area contributed by atoms with Crippen molar-refractivity contribution in [1.82, 2.24) is 20.2 Å². The fourth-order valence-corrected chi connectivity index (χ4v) is 2.23. The monoisotopic (exact) mass is 268 g/mol. The Kier molecular flexibility index (Phi) is 3.58. The smallest absolute Gasteiger partial charge is 0.310 e. The number of nitrogens with zero attached hydrogens (tertiary/aromatic N) is 4. The first-order valence-electron chi connectivity index (χ1n) is 6.42. The van der Waals surface area contributed by atoms with Crippen molar-refractivity contribution >= 4 is 5.97 Å². The Bertz CT molecular complexity index is 460. The fourth-order valence-electron chi connectivity index (χ4n) is 2.23. The number of carbonyl (C=O) groups is 1. The van der Waals surface area contributed by atoms with E-state index in [-0.39, 0.29) is 12.1 Å². The van der Waals surface area contributed by atoms with Crippen molar-refractivity contribution in [2.75, 3.05) is 7.11 Å². The molecule has 1 heterocycles. The lowest BCUT2D eigenvalue weighted by atomic mass is 9.77. The number of rotatable bonds is 6. The third-order valence-electron chi connectivity index (χ3n) is 3.91. The van der Waals surface area contributed by atoms with Gasteiger partial charge in [0.25, 0.3) is 0 Å². The molecule has 0 spiro atoms. The van der Waals surface area contributed by atoms with Crippen LogP contribution >= 0.6 is 0 Å². The van der Waals surface area contributed by atoms with Crippen LogP contribution in [0.15, 0.2) is 0 Å². The molecular formula is C12H20N4O3. The van der Waals surface area contributed by atoms with Gasteiger partial charge in [0.05, 0.1) is 17.6 Å². The van der Waals surface area contributed by atoms with E-state index in [1.54, 1.807) is 25.6 Å². The van der Waals surface area contributed by atoms with Crippen molar-refractivity contribution in [3.05, 3.63) is 5.82 Å². The molecule has 1 aliphatic carbocycles. The second-order valence-electron chi connectivity index (χ2n) is 5.86. The van der Waals surface area contributed by atoms with Gasteiger partial charge in [-0.05, 0) is 43.5 Å². The molecule has 0 bridgehead atoms. The normalized spacial score (nSPS) is 18.1. The predicted octanol–water partition coefficient (Wildman–Crippen LogP) is 0.895. The second-order valence-corrected chi connectivity index (χ2v) is 5.86. The molecule has 1 aromatic rings. The van der Waals surface area contributed by atoms with Crippen LogP contribution < -0.4 is 0 Å². The van der Waals surface area contributed by atoms with Gasteiger partial charge in [0.15, 0.2) is 5.82 Å². The van der Waals surface area contributed by atoms with Gasteiger partial charge in [0, 0.05) is 13.5 Å². The summed E-state index contributed by atoms with van der Waals surface area (Å²) < 4.78 is 7.13. The highest BCUT2D eigenvalue weighted by molar-refractivity contribution is 5.73. The van der Waals surface area contributed by atoms with Crippen molar-refractivity contribution < 1.29 is 14.6 Å². The maximum atomic E-state index is 11.2. The largest absolute Gasteiger partial charge is 0.481 e. The summed E-state index contributed by atoms with van der Waals surface area (Å²) >= 11 is 0. The molecule has 7 heteroatoms. The standard InChI is InChI=1S/C12H20N4O3/c1-11(2,10(17)18)8-16-9(13-14-15-16)7-12(19-3)5-4-6-12/h4-8H2,1-3H3,(H,17,18). The molecule has 1 N–H and O–H groups in total. The van der Waals surface area contributed by atoms with Crippen molar-refractivity contribution in [1.29, 1.82) is 0 Å². The minimum atomic E-state index is -0.899. The summed E-state index contributed by atoms with van der Waals surface area (Å²) in [4.78, 5) is 11.2. The van der Waals surface area contributed by atoms with Crippen molar-refractivity contribution in [3.8, 4) is 0 Å². The molecule has 0 aliphatic heterocycles. The Hall–Kier alpha value is -1.50. The van der Waals surface area contributed by atoms with E-state index in [0.717, 1.165) is 19.3 Å². The zero-order chi connectivity index (χ0) is 14.1. The Morgan fingerprint density at radius 3 is 2.68 bits per heavy atom. The Morgan fingerprint density at radius 2 is 2.21 bits per heavy atom. The summed E-state index contributed by atoms with van der Waals surface area (Å²) in [5.41, 5.74) is -1.07. The van der Waals surface area contributed by atoms with E-state index in [0.29, 0.717) is 12.2 Å². The third kappa shape index (κ3) is 2.75. The molecule has 1 aliphatic rings. The van der Waals surface area contributed by atoms with Crippen LogP contribution in [0.4, 0.5) is 0 Å². The fraction of sp³-hybridized carbons (Fsp3) is 0.833. The quantitative estimate of drug-likeness (QED) is 0.824. The molecule has 0 saturated heterocycles. The predicted molar refractivity (Wildman–Crippen MR) is 66.5 cm³/mol. The lowest BCUT2D eigenvalue weighted by Crippen LogP contribution is -2.42. The van der Waals surface area contributed by atoms with Crippen LogP contribution in [0.3, 0.4) is 0 Å². The molecule has 0 unspecified atom stereocenters. The van der Waals surface area contributed by atoms with Gasteiger partial charge in [-0.1, -0.05) is 0 Å². The average Bonchev–Trinajstić information content (AvgIpc) is 2.70. The number of hydrogen-bond donors (Lipinski definition) is 1. The van der Waals surface area contributed by atoms with Crippen LogP contribution in [-0.2, 0) is 22.5 Å². The van der Waals surface area contributed by atoms with Gasteiger partial charge in [0.1, 0.15) is 0 Å². The van der Waals surface area contributed by atoms with Crippen LogP contribution in [0.5, 0.6) is 0 Å². The molecule has 0 aromatic carbocycles. The molecule has 0 amide bonds. The lowest BCUT2D eigenvalue weighted by molar-refractivity contribution is -0.147. The van der Waals surface area contributed by atoms with E-state index >= 15 is 0 Å². The zero-order valence-electron chi connectivity index (χ0n) is 11.6. The third-order valence-corrected chi connectivity index (χ3v) is 3.91. The Labute approximate surface area is 111 Å². The maximum absolute atomic E-state index is 11.2. The summed E-state index contributed by atoms with van der Waals surface area (Å²) in [5, 5.41) is 20.7. The van der Waals surface area contributed by atoms with Gasteiger partial charge in [-0.3, -0.25) is 4.79 Å². The van der Waals surface area contributed by atoms with Crippen molar-refractivity contribution in [2.24, 2.45) is 5.41 Å². The molecule has 1 saturated carbocycles. The van der Waals surface area contributed by atoms with Crippen molar-refractivity contribution in [2.45, 2.75) is 51.7 Å². The number of ether oxygens (including phenoxy) is 1. The number of aliphatic carboxylic acids is 1. The van der Waals surface area contributed by atoms with Gasteiger partial charge in [-0.2, -0.15) is 0 Å². The Balaban J connectivity index is 2.12. The number of tetrazole rings is 1. The van der Waals surface area contributed by atoms with E-state index in [1.165, 1.54) is 0 Å². The highest BCUT2D eigenvalue weighted by atomic mass is 16.5. The van der Waals surface area contributed by atoms with Gasteiger partial charge in [-0.15, -0.1) is 5.10 Å². The second kappa shape index (κ2) is 4.88. The zero-order valence-corrected chi connectivity index (χ0v) is 11.6. The lowest BCUT2D eigenvalue weighted by Gasteiger charge is -2.40. The molecular weight excluding hydrogens is 248 g/mol. The first kappa shape index (κ1) is 13.9. The van der Waals surface area contributed by atoms with Crippen molar-refractivity contribution in [3.63, 3.8) is 0 Å². The maximum Gasteiger partial charge on any atom is 0.310 e. The van der Waals surface area contributed by atoms with E-state index in [1.807, 2.05) is 0 Å². The minimum Gasteiger partial charge on any atom is -0.481 e. The molecule has 106 valence electrons. The summed E-state index contributed by atoms with van der Waals surface area (Å²) in [7, 11) is 1.70. The van der Waals surface area contributed by atoms with Gasteiger partial charge in [-0.25, -0.2) is 4.68 Å². The first-order chi connectivity index (χ1) is 8.88. The van der Waals surface area contributed by atoms with Gasteiger partial charge in [0.2, 0.25) is 0 Å². The van der Waals surface area contributed by atoms with Gasteiger partial charge < -0.3 is 9.84 Å². The summed E-state index contributed by atoms with van der Waals surface area (Å²) in [5.74, 6) is -0.171. The van der Waals surface area contributed by atoms with Crippen LogP contribution in [-0.4, -0.2) is 44.0 Å². The van der Waals surface area contributed by atoms with E-state index in [2.05, 4.69) is 15.5 Å².